The van der Waals surface area contributed by atoms with E-state index in [1.807, 2.05) is 48.0 Å². The van der Waals surface area contributed by atoms with E-state index >= 15 is 0 Å². The Kier molecular flexibility index (Phi) is 8.84. The first-order valence-corrected chi connectivity index (χ1v) is 13.3. The van der Waals surface area contributed by atoms with E-state index in [2.05, 4.69) is 48.0 Å². The van der Waals surface area contributed by atoms with Gasteiger partial charge in [-0.1, -0.05) is 13.8 Å². The number of ketones is 1. The van der Waals surface area contributed by atoms with Crippen molar-refractivity contribution < 1.29 is 14.3 Å². The van der Waals surface area contributed by atoms with Crippen molar-refractivity contribution in [1.29, 1.82) is 0 Å². The van der Waals surface area contributed by atoms with Gasteiger partial charge in [-0.3, -0.25) is 9.59 Å². The first-order chi connectivity index (χ1) is 18.2. The Bertz CT molecular complexity index is 1240. The van der Waals surface area contributed by atoms with E-state index in [-0.39, 0.29) is 0 Å². The standard InChI is InChI=1S/C30H39N5O3/c1-21(2)18-24-10-11-35(16-17-38-5)28(24)29(36)30(37)32-25-6-8-26(9-7-25)33-12-14-34(15-13-33)27-20-22(3)19-23(4)31-27/h6-11,19-21H,12-18H2,1-5H3,(H,32,37). The maximum Gasteiger partial charge on any atom is 0.298 e. The normalized spacial score (nSPS) is 13.7. The number of aromatic nitrogens is 2. The van der Waals surface area contributed by atoms with Crippen LogP contribution < -0.4 is 15.1 Å². The number of piperazine rings is 1. The monoisotopic (exact) mass is 517 g/mol. The highest BCUT2D eigenvalue weighted by atomic mass is 16.5. The SMILES string of the molecule is COCCn1ccc(CC(C)C)c1C(=O)C(=O)Nc1ccc(N2CCN(c3cc(C)cc(C)n3)CC2)cc1. The number of nitrogens with zero attached hydrogens (tertiary/aromatic N) is 4. The number of benzene rings is 1. The number of ether oxygens (including phenoxy) is 1. The van der Waals surface area contributed by atoms with Gasteiger partial charge in [-0.25, -0.2) is 4.98 Å². The van der Waals surface area contributed by atoms with Crippen molar-refractivity contribution in [2.24, 2.45) is 5.92 Å². The third-order valence-corrected chi connectivity index (χ3v) is 6.81. The number of hydrogen-bond donors (Lipinski definition) is 1. The quantitative estimate of drug-likeness (QED) is 0.315. The molecule has 3 aromatic rings. The average Bonchev–Trinajstić information content (AvgIpc) is 3.28. The topological polar surface area (TPSA) is 79.7 Å². The van der Waals surface area contributed by atoms with Gasteiger partial charge >= 0.3 is 0 Å². The highest BCUT2D eigenvalue weighted by molar-refractivity contribution is 6.46. The van der Waals surface area contributed by atoms with Crippen LogP contribution in [-0.2, 0) is 22.5 Å². The lowest BCUT2D eigenvalue weighted by molar-refractivity contribution is -0.112. The molecular weight excluding hydrogens is 478 g/mol. The van der Waals surface area contributed by atoms with E-state index in [0.29, 0.717) is 30.5 Å². The molecule has 38 heavy (non-hydrogen) atoms. The summed E-state index contributed by atoms with van der Waals surface area (Å²) in [7, 11) is 1.62. The van der Waals surface area contributed by atoms with Crippen LogP contribution in [0.15, 0.2) is 48.7 Å². The molecule has 4 rings (SSSR count). The molecule has 1 saturated heterocycles. The van der Waals surface area contributed by atoms with Gasteiger partial charge in [0.15, 0.2) is 0 Å². The summed E-state index contributed by atoms with van der Waals surface area (Å²) in [5.74, 6) is 0.251. The summed E-state index contributed by atoms with van der Waals surface area (Å²) in [4.78, 5) is 35.5. The number of amides is 1. The number of carbonyl (C=O) groups is 2. The van der Waals surface area contributed by atoms with E-state index in [0.717, 1.165) is 55.4 Å². The smallest absolute Gasteiger partial charge is 0.298 e. The molecule has 1 fully saturated rings. The number of methoxy groups -OCH3 is 1. The fourth-order valence-corrected chi connectivity index (χ4v) is 5.00. The largest absolute Gasteiger partial charge is 0.383 e. The second kappa shape index (κ2) is 12.3. The van der Waals surface area contributed by atoms with Gasteiger partial charge < -0.3 is 24.4 Å². The van der Waals surface area contributed by atoms with E-state index in [9.17, 15) is 9.59 Å². The molecule has 1 aliphatic rings. The molecule has 2 aromatic heterocycles. The van der Waals surface area contributed by atoms with Gasteiger partial charge in [-0.05, 0) is 79.8 Å². The number of anilines is 3. The van der Waals surface area contributed by atoms with Gasteiger partial charge in [-0.2, -0.15) is 0 Å². The van der Waals surface area contributed by atoms with Gasteiger partial charge in [0.05, 0.1) is 12.3 Å². The van der Waals surface area contributed by atoms with Gasteiger partial charge in [-0.15, -0.1) is 0 Å². The predicted octanol–water partition coefficient (Wildman–Crippen LogP) is 4.49. The zero-order valence-corrected chi connectivity index (χ0v) is 23.2. The maximum absolute atomic E-state index is 13.2. The Balaban J connectivity index is 1.38. The van der Waals surface area contributed by atoms with Crippen molar-refractivity contribution in [3.05, 3.63) is 71.2 Å². The molecule has 202 valence electrons. The van der Waals surface area contributed by atoms with Crippen LogP contribution in [0.4, 0.5) is 17.2 Å². The Morgan fingerprint density at radius 1 is 1.00 bits per heavy atom. The first-order valence-electron chi connectivity index (χ1n) is 13.3. The second-order valence-electron chi connectivity index (χ2n) is 10.4. The van der Waals surface area contributed by atoms with Crippen molar-refractivity contribution in [1.82, 2.24) is 9.55 Å². The number of Topliss-reactive ketones (excluding diaryl/α,β-unsaturated/α-hetero) is 1. The van der Waals surface area contributed by atoms with Crippen LogP contribution in [0.1, 0.15) is 41.2 Å². The molecule has 1 aliphatic heterocycles. The Morgan fingerprint density at radius 3 is 2.32 bits per heavy atom. The summed E-state index contributed by atoms with van der Waals surface area (Å²) in [6.45, 7) is 12.9. The molecule has 3 heterocycles. The number of rotatable bonds is 10. The van der Waals surface area contributed by atoms with E-state index in [1.54, 1.807) is 7.11 Å². The molecule has 0 aliphatic carbocycles. The molecule has 0 unspecified atom stereocenters. The minimum Gasteiger partial charge on any atom is -0.383 e. The molecule has 0 atom stereocenters. The number of nitrogens with one attached hydrogen (secondary N) is 1. The summed E-state index contributed by atoms with van der Waals surface area (Å²) in [5.41, 5.74) is 5.30. The number of hydrogen-bond acceptors (Lipinski definition) is 6. The Hall–Kier alpha value is -3.65. The van der Waals surface area contributed by atoms with Crippen LogP contribution in [0.3, 0.4) is 0 Å². The van der Waals surface area contributed by atoms with Gasteiger partial charge in [0.25, 0.3) is 11.7 Å². The summed E-state index contributed by atoms with van der Waals surface area (Å²) in [5, 5.41) is 2.80. The highest BCUT2D eigenvalue weighted by Gasteiger charge is 2.25. The van der Waals surface area contributed by atoms with Crippen LogP contribution in [0, 0.1) is 19.8 Å². The molecule has 0 saturated carbocycles. The van der Waals surface area contributed by atoms with Crippen LogP contribution >= 0.6 is 0 Å². The number of carbonyl (C=O) groups excluding carboxylic acids is 2. The average molecular weight is 518 g/mol. The van der Waals surface area contributed by atoms with Gasteiger partial charge in [0.2, 0.25) is 0 Å². The number of aryl methyl sites for hydroxylation is 2. The van der Waals surface area contributed by atoms with Crippen LogP contribution in [0.25, 0.3) is 0 Å². The first kappa shape index (κ1) is 27.4. The van der Waals surface area contributed by atoms with Gasteiger partial charge in [0, 0.05) is 63.1 Å². The minimum atomic E-state index is -0.630. The molecular formula is C30H39N5O3. The van der Waals surface area contributed by atoms with Crippen LogP contribution in [-0.4, -0.2) is 61.1 Å². The van der Waals surface area contributed by atoms with E-state index in [4.69, 9.17) is 9.72 Å². The highest BCUT2D eigenvalue weighted by Crippen LogP contribution is 2.23. The summed E-state index contributed by atoms with van der Waals surface area (Å²) >= 11 is 0. The summed E-state index contributed by atoms with van der Waals surface area (Å²) in [6.07, 6.45) is 2.60. The molecule has 0 radical (unpaired) electrons. The second-order valence-corrected chi connectivity index (χ2v) is 10.4. The van der Waals surface area contributed by atoms with Gasteiger partial charge in [0.1, 0.15) is 5.82 Å². The lowest BCUT2D eigenvalue weighted by Gasteiger charge is -2.37. The maximum atomic E-state index is 13.2. The molecule has 8 heteroatoms. The predicted molar refractivity (Wildman–Crippen MR) is 152 cm³/mol. The van der Waals surface area contributed by atoms with Crippen LogP contribution in [0.5, 0.6) is 0 Å². The van der Waals surface area contributed by atoms with E-state index in [1.165, 1.54) is 5.56 Å². The fourth-order valence-electron chi connectivity index (χ4n) is 5.00. The number of pyridine rings is 1. The molecule has 0 spiro atoms. The zero-order chi connectivity index (χ0) is 27.2. The fraction of sp³-hybridized carbons (Fsp3) is 0.433. The van der Waals surface area contributed by atoms with E-state index < -0.39 is 11.7 Å². The molecule has 1 aromatic carbocycles. The molecule has 1 amide bonds. The van der Waals surface area contributed by atoms with Crippen molar-refractivity contribution >= 4 is 28.9 Å². The lowest BCUT2D eigenvalue weighted by atomic mass is 10.0. The summed E-state index contributed by atoms with van der Waals surface area (Å²) in [6, 6.07) is 13.9. The minimum absolute atomic E-state index is 0.370. The third-order valence-electron chi connectivity index (χ3n) is 6.81. The van der Waals surface area contributed by atoms with Crippen LogP contribution in [0.2, 0.25) is 0 Å². The van der Waals surface area contributed by atoms with Crippen molar-refractivity contribution in [2.75, 3.05) is 55.0 Å². The Labute approximate surface area is 225 Å². The van der Waals surface area contributed by atoms with Crippen molar-refractivity contribution in [3.8, 4) is 0 Å². The molecule has 1 N–H and O–H groups in total. The lowest BCUT2D eigenvalue weighted by Crippen LogP contribution is -2.46. The molecule has 8 nitrogen and oxygen atoms in total. The molecule has 0 bridgehead atoms. The van der Waals surface area contributed by atoms with Crippen molar-refractivity contribution in [2.45, 2.75) is 40.7 Å². The Morgan fingerprint density at radius 2 is 1.68 bits per heavy atom. The zero-order valence-electron chi connectivity index (χ0n) is 23.2. The summed E-state index contributed by atoms with van der Waals surface area (Å²) < 4.78 is 7.00. The van der Waals surface area contributed by atoms with Crippen molar-refractivity contribution in [3.63, 3.8) is 0 Å². The third kappa shape index (κ3) is 6.61.